The van der Waals surface area contributed by atoms with Gasteiger partial charge in [0.2, 0.25) is 0 Å². The van der Waals surface area contributed by atoms with E-state index in [0.29, 0.717) is 12.5 Å². The van der Waals surface area contributed by atoms with Crippen LogP contribution in [0.15, 0.2) is 0 Å². The Kier molecular flexibility index (Phi) is 8.33. The van der Waals surface area contributed by atoms with Crippen LogP contribution in [0.1, 0.15) is 26.2 Å². The number of carbonyl (C=O) groups is 1. The SMILES string of the molecule is COCCC(C)N(C)CCCC(=O)OC. The summed E-state index contributed by atoms with van der Waals surface area (Å²) in [6.45, 7) is 3.86. The molecule has 0 aromatic rings. The van der Waals surface area contributed by atoms with Crippen LogP contribution >= 0.6 is 0 Å². The Bertz CT molecular complexity index is 173. The van der Waals surface area contributed by atoms with Crippen molar-refractivity contribution in [1.82, 2.24) is 4.90 Å². The van der Waals surface area contributed by atoms with Gasteiger partial charge in [-0.15, -0.1) is 0 Å². The molecule has 0 amide bonds. The van der Waals surface area contributed by atoms with Gasteiger partial charge in [-0.3, -0.25) is 4.79 Å². The van der Waals surface area contributed by atoms with Crippen molar-refractivity contribution in [3.8, 4) is 0 Å². The molecule has 0 saturated heterocycles. The molecular formula is C11H23NO3. The van der Waals surface area contributed by atoms with Gasteiger partial charge in [0.05, 0.1) is 7.11 Å². The van der Waals surface area contributed by atoms with Crippen LogP contribution in [-0.4, -0.2) is 51.3 Å². The van der Waals surface area contributed by atoms with E-state index in [4.69, 9.17) is 4.74 Å². The normalized spacial score (nSPS) is 12.9. The molecular weight excluding hydrogens is 194 g/mol. The molecule has 0 spiro atoms. The Morgan fingerprint density at radius 3 is 2.60 bits per heavy atom. The Morgan fingerprint density at radius 1 is 1.40 bits per heavy atom. The van der Waals surface area contributed by atoms with Crippen molar-refractivity contribution < 1.29 is 14.3 Å². The van der Waals surface area contributed by atoms with Crippen LogP contribution in [0.2, 0.25) is 0 Å². The predicted octanol–water partition coefficient (Wildman–Crippen LogP) is 1.30. The van der Waals surface area contributed by atoms with E-state index in [1.807, 2.05) is 0 Å². The van der Waals surface area contributed by atoms with Crippen LogP contribution in [0, 0.1) is 0 Å². The van der Waals surface area contributed by atoms with Crippen molar-refractivity contribution in [1.29, 1.82) is 0 Å². The molecule has 1 atom stereocenters. The zero-order valence-electron chi connectivity index (χ0n) is 10.3. The maximum Gasteiger partial charge on any atom is 0.305 e. The van der Waals surface area contributed by atoms with Gasteiger partial charge in [-0.2, -0.15) is 0 Å². The van der Waals surface area contributed by atoms with Crippen molar-refractivity contribution in [2.45, 2.75) is 32.2 Å². The first-order valence-corrected chi connectivity index (χ1v) is 5.37. The Labute approximate surface area is 92.5 Å². The molecule has 0 aromatic heterocycles. The summed E-state index contributed by atoms with van der Waals surface area (Å²) in [5, 5.41) is 0. The van der Waals surface area contributed by atoms with Crippen molar-refractivity contribution in [2.24, 2.45) is 0 Å². The molecule has 0 heterocycles. The van der Waals surface area contributed by atoms with E-state index < -0.39 is 0 Å². The molecule has 1 unspecified atom stereocenters. The van der Waals surface area contributed by atoms with Gasteiger partial charge in [0.25, 0.3) is 0 Å². The first kappa shape index (κ1) is 14.4. The molecule has 0 fully saturated rings. The molecule has 0 aliphatic carbocycles. The minimum absolute atomic E-state index is 0.132. The summed E-state index contributed by atoms with van der Waals surface area (Å²) in [5.74, 6) is -0.132. The highest BCUT2D eigenvalue weighted by molar-refractivity contribution is 5.69. The molecule has 0 rings (SSSR count). The van der Waals surface area contributed by atoms with Gasteiger partial charge >= 0.3 is 5.97 Å². The van der Waals surface area contributed by atoms with Crippen LogP contribution in [0.5, 0.6) is 0 Å². The zero-order valence-corrected chi connectivity index (χ0v) is 10.3. The van der Waals surface area contributed by atoms with Gasteiger partial charge in [-0.25, -0.2) is 0 Å². The summed E-state index contributed by atoms with van der Waals surface area (Å²) in [4.78, 5) is 13.1. The topological polar surface area (TPSA) is 38.8 Å². The van der Waals surface area contributed by atoms with E-state index in [1.165, 1.54) is 7.11 Å². The van der Waals surface area contributed by atoms with Crippen LogP contribution in [0.25, 0.3) is 0 Å². The number of carbonyl (C=O) groups excluding carboxylic acids is 1. The molecule has 4 heteroatoms. The van der Waals surface area contributed by atoms with Crippen molar-refractivity contribution in [3.05, 3.63) is 0 Å². The smallest absolute Gasteiger partial charge is 0.305 e. The molecule has 4 nitrogen and oxygen atoms in total. The Hall–Kier alpha value is -0.610. The molecule has 15 heavy (non-hydrogen) atoms. The Morgan fingerprint density at radius 2 is 2.07 bits per heavy atom. The number of esters is 1. The number of hydrogen-bond donors (Lipinski definition) is 0. The second-order valence-electron chi connectivity index (χ2n) is 3.79. The van der Waals surface area contributed by atoms with E-state index in [-0.39, 0.29) is 5.97 Å². The lowest BCUT2D eigenvalue weighted by atomic mass is 10.2. The number of methoxy groups -OCH3 is 2. The fourth-order valence-electron chi connectivity index (χ4n) is 1.30. The molecule has 0 saturated carbocycles. The summed E-state index contributed by atoms with van der Waals surface area (Å²) in [6.07, 6.45) is 2.36. The zero-order chi connectivity index (χ0) is 11.7. The molecule has 0 aliphatic rings. The van der Waals surface area contributed by atoms with E-state index in [0.717, 1.165) is 26.0 Å². The van der Waals surface area contributed by atoms with Crippen LogP contribution in [0.3, 0.4) is 0 Å². The van der Waals surface area contributed by atoms with Gasteiger partial charge in [0.1, 0.15) is 0 Å². The highest BCUT2D eigenvalue weighted by atomic mass is 16.5. The third kappa shape index (κ3) is 7.33. The van der Waals surface area contributed by atoms with Gasteiger partial charge in [-0.05, 0) is 33.4 Å². The van der Waals surface area contributed by atoms with Gasteiger partial charge in [0.15, 0.2) is 0 Å². The summed E-state index contributed by atoms with van der Waals surface area (Å²) >= 11 is 0. The van der Waals surface area contributed by atoms with Crippen LogP contribution in [-0.2, 0) is 14.3 Å². The Balaban J connectivity index is 3.54. The molecule has 0 bridgehead atoms. The lowest BCUT2D eigenvalue weighted by molar-refractivity contribution is -0.140. The average molecular weight is 217 g/mol. The van der Waals surface area contributed by atoms with Gasteiger partial charge < -0.3 is 14.4 Å². The largest absolute Gasteiger partial charge is 0.469 e. The van der Waals surface area contributed by atoms with Crippen LogP contribution < -0.4 is 0 Å². The molecule has 90 valence electrons. The molecule has 0 N–H and O–H groups in total. The third-order valence-corrected chi connectivity index (χ3v) is 2.61. The van der Waals surface area contributed by atoms with Crippen molar-refractivity contribution >= 4 is 5.97 Å². The summed E-state index contributed by atoms with van der Waals surface area (Å²) in [5.41, 5.74) is 0. The standard InChI is InChI=1S/C11H23NO3/c1-10(7-9-14-3)12(2)8-5-6-11(13)15-4/h10H,5-9H2,1-4H3. The molecule has 0 aliphatic heterocycles. The fraction of sp³-hybridized carbons (Fsp3) is 0.909. The van der Waals surface area contributed by atoms with E-state index in [9.17, 15) is 4.79 Å². The summed E-state index contributed by atoms with van der Waals surface area (Å²) in [6, 6.07) is 0.489. The number of hydrogen-bond acceptors (Lipinski definition) is 4. The minimum atomic E-state index is -0.132. The number of ether oxygens (including phenoxy) is 2. The second-order valence-corrected chi connectivity index (χ2v) is 3.79. The third-order valence-electron chi connectivity index (χ3n) is 2.61. The fourth-order valence-corrected chi connectivity index (χ4v) is 1.30. The van der Waals surface area contributed by atoms with E-state index >= 15 is 0 Å². The summed E-state index contributed by atoms with van der Waals surface area (Å²) < 4.78 is 9.60. The highest BCUT2D eigenvalue weighted by Crippen LogP contribution is 2.03. The lowest BCUT2D eigenvalue weighted by Crippen LogP contribution is -2.31. The van der Waals surface area contributed by atoms with Crippen molar-refractivity contribution in [2.75, 3.05) is 34.4 Å². The highest BCUT2D eigenvalue weighted by Gasteiger charge is 2.09. The summed E-state index contributed by atoms with van der Waals surface area (Å²) in [7, 11) is 5.20. The van der Waals surface area contributed by atoms with Gasteiger partial charge in [0, 0.05) is 26.2 Å². The average Bonchev–Trinajstić information content (AvgIpc) is 2.25. The number of nitrogens with zero attached hydrogens (tertiary/aromatic N) is 1. The maximum atomic E-state index is 10.9. The minimum Gasteiger partial charge on any atom is -0.469 e. The van der Waals surface area contributed by atoms with Gasteiger partial charge in [-0.1, -0.05) is 0 Å². The monoisotopic (exact) mass is 217 g/mol. The molecule has 0 radical (unpaired) electrons. The first-order chi connectivity index (χ1) is 7.11. The molecule has 0 aromatic carbocycles. The lowest BCUT2D eigenvalue weighted by Gasteiger charge is -2.24. The first-order valence-electron chi connectivity index (χ1n) is 5.37. The quantitative estimate of drug-likeness (QED) is 0.574. The predicted molar refractivity (Wildman–Crippen MR) is 59.8 cm³/mol. The van der Waals surface area contributed by atoms with Crippen LogP contribution in [0.4, 0.5) is 0 Å². The van der Waals surface area contributed by atoms with Crippen molar-refractivity contribution in [3.63, 3.8) is 0 Å². The maximum absolute atomic E-state index is 10.9. The second kappa shape index (κ2) is 8.68. The van der Waals surface area contributed by atoms with E-state index in [1.54, 1.807) is 7.11 Å². The van der Waals surface area contributed by atoms with E-state index in [2.05, 4.69) is 23.6 Å². The number of rotatable bonds is 8.